The number of alkyl halides is 2. The standard InChI is InChI=1S/C5H8F2O2/c6-4(7)5-8-2-1-3-9-5/h4-5H,1-3H2. The topological polar surface area (TPSA) is 18.5 Å². The normalized spacial score (nSPS) is 23.0. The van der Waals surface area contributed by atoms with Crippen LogP contribution in [-0.4, -0.2) is 25.9 Å². The van der Waals surface area contributed by atoms with Gasteiger partial charge in [0.1, 0.15) is 0 Å². The van der Waals surface area contributed by atoms with Gasteiger partial charge in [0, 0.05) is 0 Å². The third kappa shape index (κ3) is 1.87. The number of hydrogen-bond acceptors (Lipinski definition) is 2. The van der Waals surface area contributed by atoms with Crippen LogP contribution in [0.1, 0.15) is 6.42 Å². The third-order valence-electron chi connectivity index (χ3n) is 1.06. The molecule has 54 valence electrons. The number of rotatable bonds is 1. The Morgan fingerprint density at radius 3 is 2.11 bits per heavy atom. The lowest BCUT2D eigenvalue weighted by atomic mass is 10.4. The average Bonchev–Trinajstić information content (AvgIpc) is 1.90. The summed E-state index contributed by atoms with van der Waals surface area (Å²) in [5, 5.41) is 0. The van der Waals surface area contributed by atoms with Gasteiger partial charge in [0.25, 0.3) is 6.43 Å². The fraction of sp³-hybridized carbons (Fsp3) is 1.00. The number of hydrogen-bond donors (Lipinski definition) is 0. The molecule has 0 amide bonds. The van der Waals surface area contributed by atoms with Crippen LogP contribution in [0.3, 0.4) is 0 Å². The maximum absolute atomic E-state index is 11.7. The number of ether oxygens (including phenoxy) is 2. The highest BCUT2D eigenvalue weighted by Crippen LogP contribution is 2.11. The van der Waals surface area contributed by atoms with Gasteiger partial charge in [0.15, 0.2) is 0 Å². The van der Waals surface area contributed by atoms with E-state index in [1.807, 2.05) is 0 Å². The smallest absolute Gasteiger partial charge is 0.288 e. The largest absolute Gasteiger partial charge is 0.347 e. The molecular formula is C5H8F2O2. The minimum Gasteiger partial charge on any atom is -0.347 e. The molecule has 0 bridgehead atoms. The van der Waals surface area contributed by atoms with Crippen molar-refractivity contribution in [3.05, 3.63) is 0 Å². The van der Waals surface area contributed by atoms with Crippen molar-refractivity contribution in [2.24, 2.45) is 0 Å². The highest BCUT2D eigenvalue weighted by Gasteiger charge is 2.23. The van der Waals surface area contributed by atoms with E-state index in [0.717, 1.165) is 0 Å². The zero-order valence-corrected chi connectivity index (χ0v) is 4.85. The predicted octanol–water partition coefficient (Wildman–Crippen LogP) is 1.01. The Balaban J connectivity index is 2.23. The molecule has 9 heavy (non-hydrogen) atoms. The Labute approximate surface area is 51.8 Å². The second-order valence-corrected chi connectivity index (χ2v) is 1.80. The molecule has 0 radical (unpaired) electrons. The van der Waals surface area contributed by atoms with E-state index < -0.39 is 12.7 Å². The fourth-order valence-corrected chi connectivity index (χ4v) is 0.651. The molecule has 1 aliphatic rings. The first-order valence-corrected chi connectivity index (χ1v) is 2.82. The minimum absolute atomic E-state index is 0.384. The maximum atomic E-state index is 11.7. The molecule has 0 aromatic heterocycles. The van der Waals surface area contributed by atoms with Crippen molar-refractivity contribution in [1.29, 1.82) is 0 Å². The van der Waals surface area contributed by atoms with Gasteiger partial charge in [0.2, 0.25) is 6.29 Å². The van der Waals surface area contributed by atoms with Crippen LogP contribution in [-0.2, 0) is 9.47 Å². The lowest BCUT2D eigenvalue weighted by Crippen LogP contribution is -2.30. The molecule has 1 aliphatic heterocycles. The van der Waals surface area contributed by atoms with Gasteiger partial charge < -0.3 is 9.47 Å². The summed E-state index contributed by atoms with van der Waals surface area (Å²) >= 11 is 0. The lowest BCUT2D eigenvalue weighted by Gasteiger charge is -2.21. The summed E-state index contributed by atoms with van der Waals surface area (Å²) in [6.45, 7) is 0.768. The zero-order chi connectivity index (χ0) is 6.69. The molecule has 4 heteroatoms. The molecule has 0 N–H and O–H groups in total. The summed E-state index contributed by atoms with van der Waals surface area (Å²) in [5.41, 5.74) is 0. The van der Waals surface area contributed by atoms with Crippen molar-refractivity contribution < 1.29 is 18.3 Å². The van der Waals surface area contributed by atoms with Gasteiger partial charge >= 0.3 is 0 Å². The first kappa shape index (κ1) is 6.89. The zero-order valence-electron chi connectivity index (χ0n) is 4.85. The highest BCUT2D eigenvalue weighted by atomic mass is 19.3. The Kier molecular flexibility index (Phi) is 2.36. The molecule has 0 aromatic carbocycles. The molecule has 0 aromatic rings. The first-order valence-electron chi connectivity index (χ1n) is 2.82. The maximum Gasteiger partial charge on any atom is 0.288 e. The van der Waals surface area contributed by atoms with Gasteiger partial charge in [0.05, 0.1) is 13.2 Å². The molecule has 0 atom stereocenters. The molecule has 2 nitrogen and oxygen atoms in total. The van der Waals surface area contributed by atoms with Crippen LogP contribution in [0.25, 0.3) is 0 Å². The molecule has 1 fully saturated rings. The van der Waals surface area contributed by atoms with Crippen LogP contribution < -0.4 is 0 Å². The predicted molar refractivity (Wildman–Crippen MR) is 26.3 cm³/mol. The third-order valence-corrected chi connectivity index (χ3v) is 1.06. The van der Waals surface area contributed by atoms with E-state index in [0.29, 0.717) is 19.6 Å². The Hall–Kier alpha value is -0.220. The Morgan fingerprint density at radius 2 is 1.78 bits per heavy atom. The minimum atomic E-state index is -2.51. The van der Waals surface area contributed by atoms with Crippen molar-refractivity contribution >= 4 is 0 Å². The van der Waals surface area contributed by atoms with E-state index in [4.69, 9.17) is 0 Å². The van der Waals surface area contributed by atoms with Gasteiger partial charge in [-0.25, -0.2) is 8.78 Å². The van der Waals surface area contributed by atoms with E-state index in [-0.39, 0.29) is 0 Å². The van der Waals surface area contributed by atoms with Crippen molar-refractivity contribution in [2.45, 2.75) is 19.1 Å². The van der Waals surface area contributed by atoms with E-state index in [9.17, 15) is 8.78 Å². The quantitative estimate of drug-likeness (QED) is 0.538. The number of halogens is 2. The monoisotopic (exact) mass is 138 g/mol. The van der Waals surface area contributed by atoms with E-state index in [2.05, 4.69) is 9.47 Å². The summed E-state index contributed by atoms with van der Waals surface area (Å²) in [7, 11) is 0. The SMILES string of the molecule is FC(F)C1OCCCO1. The summed E-state index contributed by atoms with van der Waals surface area (Å²) in [5.74, 6) is 0. The van der Waals surface area contributed by atoms with Gasteiger partial charge in [-0.05, 0) is 6.42 Å². The van der Waals surface area contributed by atoms with Gasteiger partial charge in [-0.3, -0.25) is 0 Å². The van der Waals surface area contributed by atoms with Gasteiger partial charge in [-0.1, -0.05) is 0 Å². The summed E-state index contributed by atoms with van der Waals surface area (Å²) in [4.78, 5) is 0. The summed E-state index contributed by atoms with van der Waals surface area (Å²) in [6.07, 6.45) is -3.08. The second-order valence-electron chi connectivity index (χ2n) is 1.80. The average molecular weight is 138 g/mol. The van der Waals surface area contributed by atoms with Crippen LogP contribution in [0.5, 0.6) is 0 Å². The molecular weight excluding hydrogens is 130 g/mol. The molecule has 0 saturated carbocycles. The van der Waals surface area contributed by atoms with Crippen LogP contribution in [0.2, 0.25) is 0 Å². The summed E-state index contributed by atoms with van der Waals surface area (Å²) in [6, 6.07) is 0. The molecule has 0 aliphatic carbocycles. The molecule has 0 unspecified atom stereocenters. The molecule has 1 rings (SSSR count). The Morgan fingerprint density at radius 1 is 1.22 bits per heavy atom. The first-order chi connectivity index (χ1) is 4.30. The van der Waals surface area contributed by atoms with Crippen molar-refractivity contribution in [2.75, 3.05) is 13.2 Å². The van der Waals surface area contributed by atoms with Crippen molar-refractivity contribution in [3.8, 4) is 0 Å². The molecule has 0 spiro atoms. The second kappa shape index (κ2) is 3.08. The van der Waals surface area contributed by atoms with Gasteiger partial charge in [-0.15, -0.1) is 0 Å². The highest BCUT2D eigenvalue weighted by molar-refractivity contribution is 4.52. The van der Waals surface area contributed by atoms with Crippen LogP contribution in [0, 0.1) is 0 Å². The van der Waals surface area contributed by atoms with Crippen molar-refractivity contribution in [3.63, 3.8) is 0 Å². The lowest BCUT2D eigenvalue weighted by molar-refractivity contribution is -0.232. The van der Waals surface area contributed by atoms with E-state index in [1.165, 1.54) is 0 Å². The van der Waals surface area contributed by atoms with Crippen LogP contribution in [0.15, 0.2) is 0 Å². The van der Waals surface area contributed by atoms with Gasteiger partial charge in [-0.2, -0.15) is 0 Å². The van der Waals surface area contributed by atoms with Crippen LogP contribution in [0.4, 0.5) is 8.78 Å². The van der Waals surface area contributed by atoms with E-state index >= 15 is 0 Å². The molecule has 1 saturated heterocycles. The molecule has 1 heterocycles. The Bertz CT molecular complexity index is 81.0. The van der Waals surface area contributed by atoms with E-state index in [1.54, 1.807) is 0 Å². The van der Waals surface area contributed by atoms with Crippen molar-refractivity contribution in [1.82, 2.24) is 0 Å². The fourth-order valence-electron chi connectivity index (χ4n) is 0.651. The van der Waals surface area contributed by atoms with Crippen LogP contribution >= 0.6 is 0 Å². The summed E-state index contributed by atoms with van der Waals surface area (Å²) < 4.78 is 32.5.